The van der Waals surface area contributed by atoms with Crippen LogP contribution in [0.2, 0.25) is 0 Å². The van der Waals surface area contributed by atoms with Gasteiger partial charge >= 0.3 is 0 Å². The Bertz CT molecular complexity index is 2570. The Hall–Kier alpha value is -5.99. The molecule has 0 spiro atoms. The number of hydrogen-bond acceptors (Lipinski definition) is 1. The van der Waals surface area contributed by atoms with Crippen LogP contribution in [0.3, 0.4) is 0 Å². The molecule has 1 aliphatic heterocycles. The minimum Gasteiger partial charge on any atom is -0.309 e. The maximum absolute atomic E-state index is 4.48. The summed E-state index contributed by atoms with van der Waals surface area (Å²) in [6.07, 6.45) is 14.7. The topological polar surface area (TPSA) is 17.3 Å². The summed E-state index contributed by atoms with van der Waals surface area (Å²) in [7, 11) is 0. The number of benzene rings is 6. The second kappa shape index (κ2) is 13.1. The third-order valence-corrected chi connectivity index (χ3v) is 10.0. The van der Waals surface area contributed by atoms with Gasteiger partial charge in [-0.3, -0.25) is 4.99 Å². The Balaban J connectivity index is 0.00000177. The SMILES string of the molecule is C=Cc1c(/C=C\C)c(-c2cccc(C3=Cc4ccc5c6ccc(C7=NC=C7)cc6n(-c6ccccc6)c5c4CC3)c2)cc2ccccc12.CC. The zero-order valence-electron chi connectivity index (χ0n) is 28.9. The molecule has 0 unspecified atom stereocenters. The minimum atomic E-state index is 0.981. The molecule has 0 fully saturated rings. The van der Waals surface area contributed by atoms with E-state index < -0.39 is 0 Å². The van der Waals surface area contributed by atoms with Gasteiger partial charge in [-0.25, -0.2) is 0 Å². The maximum Gasteiger partial charge on any atom is 0.0718 e. The summed E-state index contributed by atoms with van der Waals surface area (Å²) < 4.78 is 2.47. The average Bonchev–Trinajstić information content (AvgIpc) is 3.49. The van der Waals surface area contributed by atoms with E-state index in [1.165, 1.54) is 82.8 Å². The molecule has 2 heterocycles. The fraction of sp³-hybridized carbons (Fsp3) is 0.104. The van der Waals surface area contributed by atoms with Crippen molar-refractivity contribution < 1.29 is 0 Å². The average molecular weight is 645 g/mol. The summed E-state index contributed by atoms with van der Waals surface area (Å²) in [6, 6.07) is 42.2. The highest BCUT2D eigenvalue weighted by atomic mass is 15.0. The number of allylic oxidation sites excluding steroid dienone is 3. The lowest BCUT2D eigenvalue weighted by Crippen LogP contribution is -2.04. The Kier molecular flexibility index (Phi) is 8.22. The monoisotopic (exact) mass is 644 g/mol. The highest BCUT2D eigenvalue weighted by molar-refractivity contribution is 6.17. The number of fused-ring (bicyclic) bond motifs is 6. The van der Waals surface area contributed by atoms with Crippen LogP contribution >= 0.6 is 0 Å². The molecular weight excluding hydrogens is 605 g/mol. The lowest BCUT2D eigenvalue weighted by Gasteiger charge is -2.20. The maximum atomic E-state index is 4.48. The van der Waals surface area contributed by atoms with Gasteiger partial charge in [0.1, 0.15) is 0 Å². The van der Waals surface area contributed by atoms with E-state index in [4.69, 9.17) is 0 Å². The van der Waals surface area contributed by atoms with E-state index in [9.17, 15) is 0 Å². The summed E-state index contributed by atoms with van der Waals surface area (Å²) in [5.74, 6) is 0. The largest absolute Gasteiger partial charge is 0.309 e. The first-order chi connectivity index (χ1) is 24.7. The van der Waals surface area contributed by atoms with E-state index in [0.717, 1.165) is 24.1 Å². The number of para-hydroxylation sites is 1. The molecular formula is C48H40N2. The van der Waals surface area contributed by atoms with E-state index in [0.29, 0.717) is 0 Å². The minimum absolute atomic E-state index is 0.981. The van der Waals surface area contributed by atoms with Gasteiger partial charge in [-0.15, -0.1) is 0 Å². The zero-order chi connectivity index (χ0) is 34.2. The standard InChI is InChI=1S/C46H34N2.C2H6/c1-3-11-40-37(4-2)38-17-9-8-12-33(38)28-43(40)32-14-10-13-30(26-32)31-18-21-39-34(27-31)19-23-42-41-22-20-35(44-24-25-47-44)29-45(41)48(46(39)42)36-15-6-5-7-16-36;1-2/h3-17,19-20,22-29H,2,18,21H2,1H3;1-2H3/b11-3-;. The van der Waals surface area contributed by atoms with Gasteiger partial charge in [0.2, 0.25) is 0 Å². The molecule has 2 nitrogen and oxygen atoms in total. The van der Waals surface area contributed by atoms with Crippen molar-refractivity contribution in [3.05, 3.63) is 174 Å². The Morgan fingerprint density at radius 3 is 2.26 bits per heavy atom. The molecule has 9 rings (SSSR count). The van der Waals surface area contributed by atoms with Crippen LogP contribution in [0.25, 0.3) is 73.2 Å². The van der Waals surface area contributed by atoms with Crippen LogP contribution in [-0.4, -0.2) is 10.3 Å². The van der Waals surface area contributed by atoms with Gasteiger partial charge in [0.25, 0.3) is 0 Å². The molecule has 1 aromatic heterocycles. The molecule has 2 aliphatic rings. The second-order valence-corrected chi connectivity index (χ2v) is 12.7. The lowest BCUT2D eigenvalue weighted by atomic mass is 9.85. The molecule has 0 N–H and O–H groups in total. The second-order valence-electron chi connectivity index (χ2n) is 12.7. The first-order valence-corrected chi connectivity index (χ1v) is 17.7. The van der Waals surface area contributed by atoms with Crippen LogP contribution in [0.4, 0.5) is 0 Å². The molecule has 0 amide bonds. The third-order valence-electron chi connectivity index (χ3n) is 10.0. The fourth-order valence-corrected chi connectivity index (χ4v) is 7.74. The van der Waals surface area contributed by atoms with E-state index >= 15 is 0 Å². The normalized spacial score (nSPS) is 13.5. The molecule has 0 saturated carbocycles. The Labute approximate surface area is 294 Å². The van der Waals surface area contributed by atoms with Gasteiger partial charge in [-0.05, 0) is 111 Å². The highest BCUT2D eigenvalue weighted by Gasteiger charge is 2.22. The third kappa shape index (κ3) is 5.16. The highest BCUT2D eigenvalue weighted by Crippen LogP contribution is 2.42. The molecule has 242 valence electrons. The Morgan fingerprint density at radius 1 is 0.700 bits per heavy atom. The number of aryl methyl sites for hydroxylation is 1. The number of aliphatic imine (C=N–C) groups is 1. The number of rotatable bonds is 6. The van der Waals surface area contributed by atoms with Crippen molar-refractivity contribution in [2.45, 2.75) is 33.6 Å². The van der Waals surface area contributed by atoms with Crippen molar-refractivity contribution in [2.24, 2.45) is 4.99 Å². The quantitative estimate of drug-likeness (QED) is 0.171. The summed E-state index contributed by atoms with van der Waals surface area (Å²) in [4.78, 5) is 4.48. The molecule has 50 heavy (non-hydrogen) atoms. The lowest BCUT2D eigenvalue weighted by molar-refractivity contribution is 0.999. The van der Waals surface area contributed by atoms with Crippen molar-refractivity contribution >= 4 is 62.1 Å². The van der Waals surface area contributed by atoms with E-state index in [-0.39, 0.29) is 0 Å². The van der Waals surface area contributed by atoms with E-state index in [2.05, 4.69) is 163 Å². The van der Waals surface area contributed by atoms with Crippen LogP contribution in [0.1, 0.15) is 60.6 Å². The van der Waals surface area contributed by atoms with Crippen LogP contribution in [-0.2, 0) is 6.42 Å². The van der Waals surface area contributed by atoms with Gasteiger partial charge < -0.3 is 4.57 Å². The fourth-order valence-electron chi connectivity index (χ4n) is 7.74. The van der Waals surface area contributed by atoms with Crippen LogP contribution in [0.5, 0.6) is 0 Å². The molecule has 0 radical (unpaired) electrons. The smallest absolute Gasteiger partial charge is 0.0718 e. The molecule has 7 aromatic rings. The first-order valence-electron chi connectivity index (χ1n) is 17.7. The molecule has 0 bridgehead atoms. The van der Waals surface area contributed by atoms with Crippen molar-refractivity contribution in [2.75, 3.05) is 0 Å². The molecule has 2 heteroatoms. The Morgan fingerprint density at radius 2 is 1.48 bits per heavy atom. The summed E-state index contributed by atoms with van der Waals surface area (Å²) >= 11 is 0. The van der Waals surface area contributed by atoms with Crippen LogP contribution < -0.4 is 0 Å². The molecule has 1 aliphatic carbocycles. The van der Waals surface area contributed by atoms with E-state index in [1.807, 2.05) is 26.1 Å². The molecule has 6 aromatic carbocycles. The van der Waals surface area contributed by atoms with Crippen molar-refractivity contribution in [1.29, 1.82) is 0 Å². The summed E-state index contributed by atoms with van der Waals surface area (Å²) in [5, 5.41) is 5.04. The number of hydrogen-bond donors (Lipinski definition) is 0. The van der Waals surface area contributed by atoms with Crippen molar-refractivity contribution in [3.8, 4) is 16.8 Å². The van der Waals surface area contributed by atoms with Gasteiger partial charge in [-0.2, -0.15) is 0 Å². The predicted octanol–water partition coefficient (Wildman–Crippen LogP) is 13.1. The van der Waals surface area contributed by atoms with Gasteiger partial charge in [0, 0.05) is 28.2 Å². The number of aromatic nitrogens is 1. The summed E-state index contributed by atoms with van der Waals surface area (Å²) in [5.41, 5.74) is 16.1. The molecule has 0 atom stereocenters. The van der Waals surface area contributed by atoms with Crippen molar-refractivity contribution in [3.63, 3.8) is 0 Å². The van der Waals surface area contributed by atoms with Crippen LogP contribution in [0, 0.1) is 0 Å². The predicted molar refractivity (Wildman–Crippen MR) is 218 cm³/mol. The zero-order valence-corrected chi connectivity index (χ0v) is 28.9. The number of nitrogens with zero attached hydrogens (tertiary/aromatic N) is 2. The van der Waals surface area contributed by atoms with E-state index in [1.54, 1.807) is 0 Å². The summed E-state index contributed by atoms with van der Waals surface area (Å²) in [6.45, 7) is 10.3. The van der Waals surface area contributed by atoms with Gasteiger partial charge in [0.15, 0.2) is 0 Å². The first kappa shape index (κ1) is 31.3. The van der Waals surface area contributed by atoms with Gasteiger partial charge in [0.05, 0.1) is 16.7 Å². The van der Waals surface area contributed by atoms with Crippen molar-refractivity contribution in [1.82, 2.24) is 4.57 Å². The molecule has 0 saturated heterocycles. The van der Waals surface area contributed by atoms with Gasteiger partial charge in [-0.1, -0.05) is 130 Å². The van der Waals surface area contributed by atoms with Crippen LogP contribution in [0.15, 0.2) is 145 Å².